The largest absolute Gasteiger partial charge is 0.310 e. The highest BCUT2D eigenvalue weighted by Gasteiger charge is 2.28. The molecule has 0 aliphatic carbocycles. The summed E-state index contributed by atoms with van der Waals surface area (Å²) >= 11 is 0. The molecule has 0 saturated carbocycles. The van der Waals surface area contributed by atoms with Crippen molar-refractivity contribution in [3.8, 4) is 0 Å². The zero-order valence-corrected chi connectivity index (χ0v) is 11.3. The van der Waals surface area contributed by atoms with Crippen molar-refractivity contribution in [3.63, 3.8) is 0 Å². The fourth-order valence-corrected chi connectivity index (χ4v) is 2.45. The van der Waals surface area contributed by atoms with Crippen molar-refractivity contribution in [1.82, 2.24) is 5.43 Å². The third-order valence-corrected chi connectivity index (χ3v) is 3.98. The van der Waals surface area contributed by atoms with Crippen molar-refractivity contribution in [2.24, 2.45) is 10.5 Å². The average molecular weight is 224 g/mol. The number of hydrogen-bond donors (Lipinski definition) is 1. The summed E-state index contributed by atoms with van der Waals surface area (Å²) in [7, 11) is 0. The molecule has 2 heteroatoms. The lowest BCUT2D eigenvalue weighted by Gasteiger charge is -2.32. The molecular formula is C14H28N2. The standard InChI is InChI=1S/C14H28N2/c1-4-6-7-8-11-14(3,5-2)13-10-9-12-15-16-13/h15H,4-12H2,1-3H3. The van der Waals surface area contributed by atoms with Gasteiger partial charge < -0.3 is 5.43 Å². The van der Waals surface area contributed by atoms with Gasteiger partial charge in [-0.05, 0) is 25.7 Å². The SMILES string of the molecule is CCCCCCC(C)(CC)C1=NNCCC1. The van der Waals surface area contributed by atoms with Gasteiger partial charge in [-0.1, -0.05) is 46.5 Å². The smallest absolute Gasteiger partial charge is 0.0437 e. The van der Waals surface area contributed by atoms with Gasteiger partial charge in [-0.25, -0.2) is 0 Å². The van der Waals surface area contributed by atoms with Gasteiger partial charge in [0.1, 0.15) is 0 Å². The van der Waals surface area contributed by atoms with Gasteiger partial charge in [0.2, 0.25) is 0 Å². The highest BCUT2D eigenvalue weighted by atomic mass is 15.3. The number of hydrazone groups is 1. The molecule has 0 bridgehead atoms. The topological polar surface area (TPSA) is 24.4 Å². The lowest BCUT2D eigenvalue weighted by molar-refractivity contribution is 0.375. The van der Waals surface area contributed by atoms with Crippen molar-refractivity contribution in [1.29, 1.82) is 0 Å². The second kappa shape index (κ2) is 6.93. The fourth-order valence-electron chi connectivity index (χ4n) is 2.45. The van der Waals surface area contributed by atoms with Gasteiger partial charge in [-0.3, -0.25) is 0 Å². The van der Waals surface area contributed by atoms with E-state index in [-0.39, 0.29) is 0 Å². The minimum atomic E-state index is 0.348. The quantitative estimate of drug-likeness (QED) is 0.647. The first-order chi connectivity index (χ1) is 7.73. The molecule has 0 fully saturated rings. The first kappa shape index (κ1) is 13.5. The molecule has 0 amide bonds. The van der Waals surface area contributed by atoms with E-state index in [4.69, 9.17) is 0 Å². The van der Waals surface area contributed by atoms with Crippen LogP contribution in [0.25, 0.3) is 0 Å². The average Bonchev–Trinajstić information content (AvgIpc) is 2.35. The summed E-state index contributed by atoms with van der Waals surface area (Å²) in [5.74, 6) is 0. The van der Waals surface area contributed by atoms with E-state index in [0.717, 1.165) is 6.54 Å². The van der Waals surface area contributed by atoms with Crippen LogP contribution in [0.15, 0.2) is 5.10 Å². The number of rotatable bonds is 7. The summed E-state index contributed by atoms with van der Waals surface area (Å²) in [6, 6.07) is 0. The maximum Gasteiger partial charge on any atom is 0.0437 e. The minimum absolute atomic E-state index is 0.348. The zero-order valence-electron chi connectivity index (χ0n) is 11.3. The molecule has 1 aliphatic heterocycles. The maximum atomic E-state index is 4.54. The predicted octanol–water partition coefficient (Wildman–Crippen LogP) is 4.11. The van der Waals surface area contributed by atoms with E-state index in [1.807, 2.05) is 0 Å². The van der Waals surface area contributed by atoms with Crippen LogP contribution in [-0.2, 0) is 0 Å². The predicted molar refractivity (Wildman–Crippen MR) is 71.8 cm³/mol. The van der Waals surface area contributed by atoms with Crippen LogP contribution in [0.1, 0.15) is 72.1 Å². The Morgan fingerprint density at radius 1 is 1.25 bits per heavy atom. The minimum Gasteiger partial charge on any atom is -0.310 e. The molecule has 1 rings (SSSR count). The Bertz CT molecular complexity index is 223. The Labute approximate surface area is 101 Å². The molecule has 2 nitrogen and oxygen atoms in total. The summed E-state index contributed by atoms with van der Waals surface area (Å²) in [4.78, 5) is 0. The summed E-state index contributed by atoms with van der Waals surface area (Å²) in [6.07, 6.45) is 10.4. The molecule has 0 saturated heterocycles. The molecule has 1 N–H and O–H groups in total. The van der Waals surface area contributed by atoms with Gasteiger partial charge in [0.25, 0.3) is 0 Å². The molecular weight excluding hydrogens is 196 g/mol. The van der Waals surface area contributed by atoms with E-state index in [2.05, 4.69) is 31.3 Å². The molecule has 16 heavy (non-hydrogen) atoms. The monoisotopic (exact) mass is 224 g/mol. The van der Waals surface area contributed by atoms with Crippen LogP contribution >= 0.6 is 0 Å². The molecule has 1 heterocycles. The zero-order chi connectivity index (χ0) is 11.9. The number of unbranched alkanes of at least 4 members (excludes halogenated alkanes) is 3. The van der Waals surface area contributed by atoms with Crippen molar-refractivity contribution in [3.05, 3.63) is 0 Å². The molecule has 1 unspecified atom stereocenters. The van der Waals surface area contributed by atoms with Gasteiger partial charge in [-0.2, -0.15) is 5.10 Å². The van der Waals surface area contributed by atoms with E-state index in [1.54, 1.807) is 0 Å². The van der Waals surface area contributed by atoms with E-state index in [1.165, 1.54) is 57.1 Å². The molecule has 94 valence electrons. The van der Waals surface area contributed by atoms with Crippen LogP contribution in [0.2, 0.25) is 0 Å². The number of nitrogens with one attached hydrogen (secondary N) is 1. The Morgan fingerprint density at radius 2 is 2.06 bits per heavy atom. The third-order valence-electron chi connectivity index (χ3n) is 3.98. The van der Waals surface area contributed by atoms with E-state index in [9.17, 15) is 0 Å². The van der Waals surface area contributed by atoms with Crippen LogP contribution in [0.3, 0.4) is 0 Å². The lowest BCUT2D eigenvalue weighted by Crippen LogP contribution is -2.33. The summed E-state index contributed by atoms with van der Waals surface area (Å²) < 4.78 is 0. The first-order valence-corrected chi connectivity index (χ1v) is 7.03. The molecule has 0 aromatic rings. The lowest BCUT2D eigenvalue weighted by atomic mass is 9.76. The van der Waals surface area contributed by atoms with Crippen molar-refractivity contribution in [2.45, 2.75) is 72.1 Å². The molecule has 1 atom stereocenters. The molecule has 0 spiro atoms. The van der Waals surface area contributed by atoms with Crippen molar-refractivity contribution >= 4 is 5.71 Å². The Morgan fingerprint density at radius 3 is 2.62 bits per heavy atom. The number of nitrogens with zero attached hydrogens (tertiary/aromatic N) is 1. The summed E-state index contributed by atoms with van der Waals surface area (Å²) in [5.41, 5.74) is 4.93. The normalized spacial score (nSPS) is 19.8. The van der Waals surface area contributed by atoms with E-state index in [0.29, 0.717) is 5.41 Å². The summed E-state index contributed by atoms with van der Waals surface area (Å²) in [5, 5.41) is 4.54. The molecule has 0 aromatic heterocycles. The Balaban J connectivity index is 2.44. The van der Waals surface area contributed by atoms with Gasteiger partial charge in [0.05, 0.1) is 0 Å². The molecule has 0 aromatic carbocycles. The maximum absolute atomic E-state index is 4.54. The highest BCUT2D eigenvalue weighted by molar-refractivity contribution is 5.90. The van der Waals surface area contributed by atoms with Crippen molar-refractivity contribution < 1.29 is 0 Å². The van der Waals surface area contributed by atoms with Crippen LogP contribution in [0.4, 0.5) is 0 Å². The van der Waals surface area contributed by atoms with Gasteiger partial charge in [0, 0.05) is 17.7 Å². The van der Waals surface area contributed by atoms with Crippen LogP contribution < -0.4 is 5.43 Å². The van der Waals surface area contributed by atoms with E-state index >= 15 is 0 Å². The third kappa shape index (κ3) is 3.80. The number of hydrogen-bond acceptors (Lipinski definition) is 2. The second-order valence-corrected chi connectivity index (χ2v) is 5.30. The molecule has 1 aliphatic rings. The Hall–Kier alpha value is -0.530. The van der Waals surface area contributed by atoms with Gasteiger partial charge >= 0.3 is 0 Å². The van der Waals surface area contributed by atoms with Gasteiger partial charge in [0.15, 0.2) is 0 Å². The van der Waals surface area contributed by atoms with Crippen LogP contribution in [0, 0.1) is 5.41 Å². The highest BCUT2D eigenvalue weighted by Crippen LogP contribution is 2.32. The fraction of sp³-hybridized carbons (Fsp3) is 0.929. The van der Waals surface area contributed by atoms with E-state index < -0.39 is 0 Å². The first-order valence-electron chi connectivity index (χ1n) is 7.03. The van der Waals surface area contributed by atoms with Crippen LogP contribution in [0.5, 0.6) is 0 Å². The second-order valence-electron chi connectivity index (χ2n) is 5.30. The Kier molecular flexibility index (Phi) is 5.86. The van der Waals surface area contributed by atoms with Crippen LogP contribution in [-0.4, -0.2) is 12.3 Å². The van der Waals surface area contributed by atoms with Crippen molar-refractivity contribution in [2.75, 3.05) is 6.54 Å². The van der Waals surface area contributed by atoms with Gasteiger partial charge in [-0.15, -0.1) is 0 Å². The molecule has 0 radical (unpaired) electrons. The summed E-state index contributed by atoms with van der Waals surface area (Å²) in [6.45, 7) is 8.02.